The third-order valence-corrected chi connectivity index (χ3v) is 4.25. The van der Waals surface area contributed by atoms with Crippen molar-refractivity contribution in [3.05, 3.63) is 53.7 Å². The number of benzene rings is 2. The van der Waals surface area contributed by atoms with Gasteiger partial charge in [0.1, 0.15) is 23.7 Å². The molecule has 28 heavy (non-hydrogen) atoms. The van der Waals surface area contributed by atoms with Gasteiger partial charge in [-0.1, -0.05) is 0 Å². The summed E-state index contributed by atoms with van der Waals surface area (Å²) in [6.45, 7) is 0.114. The molecule has 1 aromatic heterocycles. The minimum Gasteiger partial charge on any atom is -0.507 e. The van der Waals surface area contributed by atoms with E-state index < -0.39 is 0 Å². The second-order valence-electron chi connectivity index (χ2n) is 6.05. The van der Waals surface area contributed by atoms with E-state index in [1.165, 1.54) is 19.4 Å². The number of aromatic nitrogens is 2. The molecule has 0 saturated carbocycles. The minimum atomic E-state index is -0.224. The van der Waals surface area contributed by atoms with Gasteiger partial charge in [0, 0.05) is 17.3 Å². The lowest BCUT2D eigenvalue weighted by Crippen LogP contribution is -2.04. The molecule has 1 aliphatic rings. The van der Waals surface area contributed by atoms with Crippen molar-refractivity contribution < 1.29 is 24.1 Å². The van der Waals surface area contributed by atoms with E-state index in [1.807, 2.05) is 12.1 Å². The Kier molecular flexibility index (Phi) is 4.67. The zero-order valence-electron chi connectivity index (χ0n) is 15.0. The maximum Gasteiger partial charge on any atom is 0.231 e. The highest BCUT2D eigenvalue weighted by atomic mass is 16.7. The molecule has 2 N–H and O–H groups in total. The summed E-state index contributed by atoms with van der Waals surface area (Å²) in [6, 6.07) is 11.9. The predicted molar refractivity (Wildman–Crippen MR) is 102 cm³/mol. The third kappa shape index (κ3) is 3.52. The van der Waals surface area contributed by atoms with Gasteiger partial charge in [0.25, 0.3) is 0 Å². The van der Waals surface area contributed by atoms with Gasteiger partial charge in [-0.2, -0.15) is 5.10 Å². The van der Waals surface area contributed by atoms with Crippen LogP contribution in [0.3, 0.4) is 0 Å². The van der Waals surface area contributed by atoms with Crippen molar-refractivity contribution in [3.8, 4) is 34.3 Å². The molecule has 0 saturated heterocycles. The molecule has 0 radical (unpaired) electrons. The number of methoxy groups -OCH3 is 1. The SMILES string of the molecule is COc1ccc(O)c(C=NCC(=O)c2cc(-c3ccc4c(c3)OCO4)n[nH]2)c1. The standard InChI is InChI=1S/C20H17N3O5/c1-26-14-3-4-17(24)13(6-14)9-21-10-18(25)16-8-15(22-23-16)12-2-5-19-20(7-12)28-11-27-19/h2-9,24H,10-11H2,1H3,(H,22,23). The Morgan fingerprint density at radius 1 is 1.25 bits per heavy atom. The van der Waals surface area contributed by atoms with E-state index in [4.69, 9.17) is 14.2 Å². The molecule has 0 fully saturated rings. The Morgan fingerprint density at radius 2 is 2.11 bits per heavy atom. The van der Waals surface area contributed by atoms with E-state index in [9.17, 15) is 9.90 Å². The second-order valence-corrected chi connectivity index (χ2v) is 6.05. The summed E-state index contributed by atoms with van der Waals surface area (Å²) in [7, 11) is 1.53. The lowest BCUT2D eigenvalue weighted by molar-refractivity contribution is 0.0997. The highest BCUT2D eigenvalue weighted by Gasteiger charge is 2.16. The van der Waals surface area contributed by atoms with Crippen LogP contribution in [0, 0.1) is 0 Å². The molecule has 4 rings (SSSR count). The van der Waals surface area contributed by atoms with Crippen molar-refractivity contribution in [1.82, 2.24) is 10.2 Å². The number of aromatic amines is 1. The summed E-state index contributed by atoms with van der Waals surface area (Å²) < 4.78 is 15.8. The lowest BCUT2D eigenvalue weighted by Gasteiger charge is -2.02. The predicted octanol–water partition coefficient (Wildman–Crippen LogP) is 2.82. The van der Waals surface area contributed by atoms with Crippen LogP contribution in [-0.2, 0) is 0 Å². The number of rotatable bonds is 6. The number of ether oxygens (including phenoxy) is 3. The molecule has 0 aliphatic carbocycles. The number of nitrogens with one attached hydrogen (secondary N) is 1. The van der Waals surface area contributed by atoms with Crippen molar-refractivity contribution in [2.45, 2.75) is 0 Å². The fourth-order valence-corrected chi connectivity index (χ4v) is 2.74. The first-order valence-electron chi connectivity index (χ1n) is 8.49. The molecule has 142 valence electrons. The number of nitrogens with zero attached hydrogens (tertiary/aromatic N) is 2. The molecule has 2 aromatic carbocycles. The molecule has 0 spiro atoms. The molecule has 8 heteroatoms. The van der Waals surface area contributed by atoms with Crippen LogP contribution in [0.1, 0.15) is 16.1 Å². The molecule has 0 unspecified atom stereocenters. The van der Waals surface area contributed by atoms with E-state index in [2.05, 4.69) is 15.2 Å². The largest absolute Gasteiger partial charge is 0.507 e. The third-order valence-electron chi connectivity index (χ3n) is 4.25. The van der Waals surface area contributed by atoms with Crippen LogP contribution in [0.4, 0.5) is 0 Å². The van der Waals surface area contributed by atoms with E-state index in [-0.39, 0.29) is 24.9 Å². The maximum absolute atomic E-state index is 12.4. The summed E-state index contributed by atoms with van der Waals surface area (Å²) >= 11 is 0. The van der Waals surface area contributed by atoms with Gasteiger partial charge >= 0.3 is 0 Å². The number of phenols is 1. The molecule has 0 bridgehead atoms. The van der Waals surface area contributed by atoms with Crippen LogP contribution in [0.5, 0.6) is 23.0 Å². The molecule has 3 aromatic rings. The number of ketones is 1. The van der Waals surface area contributed by atoms with Crippen LogP contribution < -0.4 is 14.2 Å². The number of fused-ring (bicyclic) bond motifs is 1. The van der Waals surface area contributed by atoms with E-state index >= 15 is 0 Å². The first-order chi connectivity index (χ1) is 13.6. The van der Waals surface area contributed by atoms with Crippen LogP contribution in [0.25, 0.3) is 11.3 Å². The first kappa shape index (κ1) is 17.6. The molecular formula is C20H17N3O5. The Bertz CT molecular complexity index is 1060. The van der Waals surface area contributed by atoms with Crippen molar-refractivity contribution in [2.75, 3.05) is 20.4 Å². The summed E-state index contributed by atoms with van der Waals surface area (Å²) in [5.41, 5.74) is 2.25. The Balaban J connectivity index is 1.45. The first-order valence-corrected chi connectivity index (χ1v) is 8.49. The number of carbonyl (C=O) groups excluding carboxylic acids is 1. The van der Waals surface area contributed by atoms with Gasteiger partial charge in [-0.05, 0) is 42.5 Å². The summed E-state index contributed by atoms with van der Waals surface area (Å²) in [5.74, 6) is 1.76. The molecule has 0 amide bonds. The number of H-pyrrole nitrogens is 1. The molecule has 8 nitrogen and oxygen atoms in total. The highest BCUT2D eigenvalue weighted by Crippen LogP contribution is 2.35. The Morgan fingerprint density at radius 3 is 2.96 bits per heavy atom. The van der Waals surface area contributed by atoms with Crippen molar-refractivity contribution in [2.24, 2.45) is 4.99 Å². The summed E-state index contributed by atoms with van der Waals surface area (Å²) in [6.07, 6.45) is 1.44. The van der Waals surface area contributed by atoms with E-state index in [1.54, 1.807) is 24.3 Å². The van der Waals surface area contributed by atoms with Crippen LogP contribution in [0.15, 0.2) is 47.5 Å². The molecule has 0 atom stereocenters. The Hall–Kier alpha value is -3.81. The van der Waals surface area contributed by atoms with Gasteiger partial charge < -0.3 is 19.3 Å². The van der Waals surface area contributed by atoms with Crippen LogP contribution in [-0.4, -0.2) is 47.7 Å². The summed E-state index contributed by atoms with van der Waals surface area (Å²) in [4.78, 5) is 16.5. The van der Waals surface area contributed by atoms with Crippen molar-refractivity contribution >= 4 is 12.0 Å². The average Bonchev–Trinajstić information content (AvgIpc) is 3.38. The van der Waals surface area contributed by atoms with Gasteiger partial charge in [-0.15, -0.1) is 0 Å². The normalized spacial score (nSPS) is 12.5. The quantitative estimate of drug-likeness (QED) is 0.504. The smallest absolute Gasteiger partial charge is 0.231 e. The zero-order chi connectivity index (χ0) is 19.5. The van der Waals surface area contributed by atoms with Crippen LogP contribution in [0.2, 0.25) is 0 Å². The van der Waals surface area contributed by atoms with Crippen LogP contribution >= 0.6 is 0 Å². The number of phenolic OH excluding ortho intramolecular Hbond substituents is 1. The van der Waals surface area contributed by atoms with Gasteiger partial charge in [0.2, 0.25) is 12.6 Å². The minimum absolute atomic E-state index is 0.0589. The highest BCUT2D eigenvalue weighted by molar-refractivity contribution is 5.98. The van der Waals surface area contributed by atoms with Crippen molar-refractivity contribution in [1.29, 1.82) is 0 Å². The second kappa shape index (κ2) is 7.43. The lowest BCUT2D eigenvalue weighted by atomic mass is 10.1. The maximum atomic E-state index is 12.4. The number of aliphatic imine (C=N–C) groups is 1. The van der Waals surface area contributed by atoms with Gasteiger partial charge in [0.05, 0.1) is 12.8 Å². The number of aromatic hydroxyl groups is 1. The fraction of sp³-hybridized carbons (Fsp3) is 0.150. The molecule has 2 heterocycles. The topological polar surface area (TPSA) is 106 Å². The van der Waals surface area contributed by atoms with Gasteiger partial charge in [-0.25, -0.2) is 0 Å². The number of hydrogen-bond donors (Lipinski definition) is 2. The molecular weight excluding hydrogens is 362 g/mol. The number of carbonyl (C=O) groups is 1. The summed E-state index contributed by atoms with van der Waals surface area (Å²) in [5, 5.41) is 16.8. The monoisotopic (exact) mass is 379 g/mol. The molecule has 1 aliphatic heterocycles. The average molecular weight is 379 g/mol. The fourth-order valence-electron chi connectivity index (χ4n) is 2.74. The van der Waals surface area contributed by atoms with Crippen molar-refractivity contribution in [3.63, 3.8) is 0 Å². The van der Waals surface area contributed by atoms with E-state index in [0.29, 0.717) is 34.2 Å². The van der Waals surface area contributed by atoms with Gasteiger partial charge in [-0.3, -0.25) is 14.9 Å². The zero-order valence-corrected chi connectivity index (χ0v) is 15.0. The Labute approximate surface area is 160 Å². The number of hydrogen-bond acceptors (Lipinski definition) is 7. The van der Waals surface area contributed by atoms with E-state index in [0.717, 1.165) is 5.56 Å². The van der Waals surface area contributed by atoms with Gasteiger partial charge in [0.15, 0.2) is 11.5 Å². The number of Topliss-reactive ketones (excluding diaryl/α,β-unsaturated/α-hetero) is 1.